The zero-order chi connectivity index (χ0) is 15.5. The fourth-order valence-electron chi connectivity index (χ4n) is 2.89. The van der Waals surface area contributed by atoms with Gasteiger partial charge in [0.2, 0.25) is 0 Å². The first-order valence-corrected chi connectivity index (χ1v) is 8.15. The van der Waals surface area contributed by atoms with Crippen LogP contribution >= 0.6 is 0 Å². The molecule has 4 heteroatoms. The van der Waals surface area contributed by atoms with Gasteiger partial charge in [-0.15, -0.1) is 0 Å². The monoisotopic (exact) mass is 290 g/mol. The van der Waals surface area contributed by atoms with Crippen LogP contribution < -0.4 is 10.2 Å². The second-order valence-corrected chi connectivity index (χ2v) is 7.53. The highest BCUT2D eigenvalue weighted by Crippen LogP contribution is 2.35. The Kier molecular flexibility index (Phi) is 5.20. The van der Waals surface area contributed by atoms with Crippen LogP contribution in [0.3, 0.4) is 0 Å². The first kappa shape index (κ1) is 16.2. The van der Waals surface area contributed by atoms with Crippen LogP contribution in [0.15, 0.2) is 12.4 Å². The molecule has 1 aliphatic rings. The maximum atomic E-state index is 4.59. The predicted octanol–water partition coefficient (Wildman–Crippen LogP) is 3.24. The van der Waals surface area contributed by atoms with Crippen LogP contribution in [0.1, 0.15) is 53.2 Å². The molecule has 1 aliphatic heterocycles. The van der Waals surface area contributed by atoms with E-state index in [1.54, 1.807) is 0 Å². The van der Waals surface area contributed by atoms with Gasteiger partial charge in [0.15, 0.2) is 0 Å². The minimum Gasteiger partial charge on any atom is -0.355 e. The quantitative estimate of drug-likeness (QED) is 0.924. The fraction of sp³-hybridized carbons (Fsp3) is 0.765. The van der Waals surface area contributed by atoms with Crippen molar-refractivity contribution in [2.75, 3.05) is 18.0 Å². The predicted molar refractivity (Wildman–Crippen MR) is 88.4 cm³/mol. The molecule has 0 atom stereocenters. The van der Waals surface area contributed by atoms with Gasteiger partial charge in [-0.05, 0) is 24.2 Å². The minimum absolute atomic E-state index is 0.421. The molecule has 1 fully saturated rings. The van der Waals surface area contributed by atoms with E-state index in [-0.39, 0.29) is 0 Å². The molecule has 0 saturated carbocycles. The van der Waals surface area contributed by atoms with E-state index >= 15 is 0 Å². The first-order chi connectivity index (χ1) is 9.86. The first-order valence-electron chi connectivity index (χ1n) is 8.15. The van der Waals surface area contributed by atoms with Crippen LogP contribution in [-0.2, 0) is 6.54 Å². The highest BCUT2D eigenvalue weighted by Gasteiger charge is 2.29. The Morgan fingerprint density at radius 2 is 1.86 bits per heavy atom. The maximum absolute atomic E-state index is 4.59. The van der Waals surface area contributed by atoms with Crippen LogP contribution in [0, 0.1) is 11.3 Å². The van der Waals surface area contributed by atoms with E-state index in [0.29, 0.717) is 11.5 Å². The van der Waals surface area contributed by atoms with Crippen molar-refractivity contribution < 1.29 is 0 Å². The van der Waals surface area contributed by atoms with E-state index in [9.17, 15) is 0 Å². The lowest BCUT2D eigenvalue weighted by atomic mass is 9.75. The van der Waals surface area contributed by atoms with Crippen molar-refractivity contribution in [2.24, 2.45) is 11.3 Å². The molecule has 0 amide bonds. The molecule has 0 unspecified atom stereocenters. The van der Waals surface area contributed by atoms with Crippen LogP contribution in [0.2, 0.25) is 0 Å². The minimum atomic E-state index is 0.421. The normalized spacial score (nSPS) is 17.5. The lowest BCUT2D eigenvalue weighted by Gasteiger charge is -2.39. The number of aromatic nitrogens is 2. The van der Waals surface area contributed by atoms with Gasteiger partial charge in [-0.2, -0.15) is 0 Å². The van der Waals surface area contributed by atoms with E-state index in [1.807, 2.05) is 12.4 Å². The van der Waals surface area contributed by atoms with E-state index in [0.717, 1.165) is 37.1 Å². The van der Waals surface area contributed by atoms with Crippen molar-refractivity contribution in [3.63, 3.8) is 0 Å². The van der Waals surface area contributed by atoms with E-state index in [1.165, 1.54) is 12.8 Å². The zero-order valence-electron chi connectivity index (χ0n) is 14.2. The molecule has 0 radical (unpaired) electrons. The lowest BCUT2D eigenvalue weighted by molar-refractivity contribution is 0.198. The summed E-state index contributed by atoms with van der Waals surface area (Å²) in [6.45, 7) is 14.3. The van der Waals surface area contributed by atoms with E-state index in [4.69, 9.17) is 0 Å². The van der Waals surface area contributed by atoms with Crippen molar-refractivity contribution >= 4 is 5.82 Å². The summed E-state index contributed by atoms with van der Waals surface area (Å²) in [5.41, 5.74) is 1.43. The zero-order valence-corrected chi connectivity index (χ0v) is 14.2. The molecule has 0 bridgehead atoms. The van der Waals surface area contributed by atoms with Gasteiger partial charge in [0.05, 0.1) is 18.1 Å². The van der Waals surface area contributed by atoms with Crippen LogP contribution in [-0.4, -0.2) is 29.1 Å². The average Bonchev–Trinajstić information content (AvgIpc) is 2.45. The average molecular weight is 290 g/mol. The maximum Gasteiger partial charge on any atom is 0.147 e. The number of piperidine rings is 1. The Hall–Kier alpha value is -1.16. The molecular formula is C17H30N4. The highest BCUT2D eigenvalue weighted by molar-refractivity contribution is 5.36. The van der Waals surface area contributed by atoms with Crippen molar-refractivity contribution in [1.82, 2.24) is 15.3 Å². The van der Waals surface area contributed by atoms with Crippen LogP contribution in [0.4, 0.5) is 5.82 Å². The number of anilines is 1. The lowest BCUT2D eigenvalue weighted by Crippen LogP contribution is -2.38. The van der Waals surface area contributed by atoms with Gasteiger partial charge in [-0.3, -0.25) is 4.98 Å². The molecule has 2 rings (SSSR count). The Bertz CT molecular complexity index is 425. The molecular weight excluding hydrogens is 260 g/mol. The second-order valence-electron chi connectivity index (χ2n) is 7.53. The van der Waals surface area contributed by atoms with E-state index < -0.39 is 0 Å². The molecule has 1 N–H and O–H groups in total. The van der Waals surface area contributed by atoms with Crippen LogP contribution in [0.5, 0.6) is 0 Å². The van der Waals surface area contributed by atoms with Crippen molar-refractivity contribution in [3.8, 4) is 0 Å². The van der Waals surface area contributed by atoms with Gasteiger partial charge < -0.3 is 10.2 Å². The third-order valence-electron chi connectivity index (χ3n) is 4.43. The third kappa shape index (κ3) is 4.67. The smallest absolute Gasteiger partial charge is 0.147 e. The highest BCUT2D eigenvalue weighted by atomic mass is 15.2. The second kappa shape index (κ2) is 6.73. The summed E-state index contributed by atoms with van der Waals surface area (Å²) < 4.78 is 0. The summed E-state index contributed by atoms with van der Waals surface area (Å²) in [6.07, 6.45) is 6.33. The molecule has 21 heavy (non-hydrogen) atoms. The summed E-state index contributed by atoms with van der Waals surface area (Å²) in [5.74, 6) is 1.84. The fourth-order valence-corrected chi connectivity index (χ4v) is 2.89. The number of rotatable bonds is 4. The van der Waals surface area contributed by atoms with Crippen molar-refractivity contribution in [1.29, 1.82) is 0 Å². The number of hydrogen-bond donors (Lipinski definition) is 1. The Labute approximate surface area is 129 Å². The van der Waals surface area contributed by atoms with Gasteiger partial charge in [-0.1, -0.05) is 34.6 Å². The largest absolute Gasteiger partial charge is 0.355 e. The summed E-state index contributed by atoms with van der Waals surface area (Å²) >= 11 is 0. The summed E-state index contributed by atoms with van der Waals surface area (Å²) in [6, 6.07) is 0.475. The molecule has 1 aromatic heterocycles. The van der Waals surface area contributed by atoms with Gasteiger partial charge in [0, 0.05) is 25.7 Å². The molecule has 118 valence electrons. The SMILES string of the molecule is CC(C)NCc1cnc(N2CCC(C(C)(C)C)CC2)cn1. The van der Waals surface area contributed by atoms with E-state index in [2.05, 4.69) is 54.8 Å². The summed E-state index contributed by atoms with van der Waals surface area (Å²) in [7, 11) is 0. The summed E-state index contributed by atoms with van der Waals surface area (Å²) in [4.78, 5) is 11.5. The Balaban J connectivity index is 1.89. The van der Waals surface area contributed by atoms with Gasteiger partial charge in [-0.25, -0.2) is 4.98 Å². The third-order valence-corrected chi connectivity index (χ3v) is 4.43. The molecule has 1 saturated heterocycles. The number of hydrogen-bond acceptors (Lipinski definition) is 4. The summed E-state index contributed by atoms with van der Waals surface area (Å²) in [5, 5.41) is 3.37. The Morgan fingerprint density at radius 3 is 2.33 bits per heavy atom. The molecule has 4 nitrogen and oxygen atoms in total. The molecule has 0 spiro atoms. The number of nitrogens with one attached hydrogen (secondary N) is 1. The standard InChI is InChI=1S/C17H30N4/c1-13(2)18-10-15-11-20-16(12-19-15)21-8-6-14(7-9-21)17(3,4)5/h11-14,18H,6-10H2,1-5H3. The van der Waals surface area contributed by atoms with Gasteiger partial charge in [0.1, 0.15) is 5.82 Å². The van der Waals surface area contributed by atoms with Crippen LogP contribution in [0.25, 0.3) is 0 Å². The molecule has 2 heterocycles. The van der Waals surface area contributed by atoms with Crippen molar-refractivity contribution in [2.45, 2.75) is 60.0 Å². The topological polar surface area (TPSA) is 41.1 Å². The molecule has 1 aromatic rings. The van der Waals surface area contributed by atoms with Gasteiger partial charge >= 0.3 is 0 Å². The number of nitrogens with zero attached hydrogens (tertiary/aromatic N) is 3. The Morgan fingerprint density at radius 1 is 1.19 bits per heavy atom. The molecule has 0 aromatic carbocycles. The van der Waals surface area contributed by atoms with Crippen molar-refractivity contribution in [3.05, 3.63) is 18.1 Å². The van der Waals surface area contributed by atoms with Gasteiger partial charge in [0.25, 0.3) is 0 Å². The molecule has 0 aliphatic carbocycles.